The third-order valence-electron chi connectivity index (χ3n) is 9.98. The highest BCUT2D eigenvalue weighted by atomic mass is 16.3. The molecule has 0 bridgehead atoms. The SMILES string of the molecule is CCCCCCCCCCC/C=C/C[C@@H](O)[C@@H](O)[C@H](CO)NC(=O)[C@H](O)CCCCCCCCCCCCCCCCCCCCCC. The van der Waals surface area contributed by atoms with Crippen LogP contribution in [0.15, 0.2) is 12.2 Å². The van der Waals surface area contributed by atoms with Crippen LogP contribution in [0.3, 0.4) is 0 Å². The molecule has 286 valence electrons. The first-order chi connectivity index (χ1) is 23.5. The summed E-state index contributed by atoms with van der Waals surface area (Å²) in [6.07, 6.45) is 39.7. The number of aliphatic hydroxyl groups excluding tert-OH is 4. The minimum absolute atomic E-state index is 0.257. The molecule has 48 heavy (non-hydrogen) atoms. The number of amides is 1. The Morgan fingerprint density at radius 3 is 1.25 bits per heavy atom. The van der Waals surface area contributed by atoms with E-state index in [1.807, 2.05) is 12.2 Å². The summed E-state index contributed by atoms with van der Waals surface area (Å²) in [5, 5.41) is 43.4. The normalized spacial score (nSPS) is 14.4. The Morgan fingerprint density at radius 1 is 0.521 bits per heavy atom. The molecule has 0 spiro atoms. The van der Waals surface area contributed by atoms with E-state index in [2.05, 4.69) is 19.2 Å². The minimum Gasteiger partial charge on any atom is -0.394 e. The van der Waals surface area contributed by atoms with E-state index in [-0.39, 0.29) is 6.42 Å². The molecule has 0 fully saturated rings. The van der Waals surface area contributed by atoms with Crippen LogP contribution in [0.4, 0.5) is 0 Å². The number of allylic oxidation sites excluding steroid dienone is 1. The van der Waals surface area contributed by atoms with Gasteiger partial charge in [0.05, 0.1) is 18.8 Å². The average Bonchev–Trinajstić information content (AvgIpc) is 3.09. The van der Waals surface area contributed by atoms with Crippen LogP contribution in [0.25, 0.3) is 0 Å². The zero-order valence-corrected chi connectivity index (χ0v) is 32.0. The first-order valence-corrected chi connectivity index (χ1v) is 21.1. The monoisotopic (exact) mass is 682 g/mol. The van der Waals surface area contributed by atoms with Crippen LogP contribution in [0, 0.1) is 0 Å². The molecule has 0 radical (unpaired) electrons. The number of carbonyl (C=O) groups is 1. The van der Waals surface area contributed by atoms with Crippen molar-refractivity contribution in [3.63, 3.8) is 0 Å². The van der Waals surface area contributed by atoms with E-state index < -0.39 is 36.9 Å². The van der Waals surface area contributed by atoms with Gasteiger partial charge in [-0.3, -0.25) is 4.79 Å². The van der Waals surface area contributed by atoms with Gasteiger partial charge in [-0.1, -0.05) is 206 Å². The van der Waals surface area contributed by atoms with Gasteiger partial charge in [-0.25, -0.2) is 0 Å². The summed E-state index contributed by atoms with van der Waals surface area (Å²) >= 11 is 0. The van der Waals surface area contributed by atoms with Crippen LogP contribution < -0.4 is 5.32 Å². The van der Waals surface area contributed by atoms with Crippen molar-refractivity contribution in [2.45, 2.75) is 244 Å². The van der Waals surface area contributed by atoms with Crippen molar-refractivity contribution in [2.24, 2.45) is 0 Å². The van der Waals surface area contributed by atoms with Crippen molar-refractivity contribution in [1.82, 2.24) is 5.32 Å². The third kappa shape index (κ3) is 31.1. The van der Waals surface area contributed by atoms with Gasteiger partial charge in [-0.05, 0) is 25.7 Å². The molecule has 0 aromatic heterocycles. The second-order valence-electron chi connectivity index (χ2n) is 14.7. The standard InChI is InChI=1S/C42H83NO5/c1-3-5-7-9-11-13-15-17-18-19-20-21-22-23-24-26-28-30-32-34-36-40(46)42(48)43-38(37-44)41(47)39(45)35-33-31-29-27-25-16-14-12-10-8-6-4-2/h31,33,38-41,44-47H,3-30,32,34-37H2,1-2H3,(H,43,48)/b33-31+/t38-,39+,40+,41-/m0/s1. The van der Waals surface area contributed by atoms with E-state index in [1.54, 1.807) is 0 Å². The average molecular weight is 682 g/mol. The predicted octanol–water partition coefficient (Wildman–Crippen LogP) is 10.6. The molecule has 0 saturated carbocycles. The highest BCUT2D eigenvalue weighted by Crippen LogP contribution is 2.16. The maximum Gasteiger partial charge on any atom is 0.249 e. The van der Waals surface area contributed by atoms with Crippen molar-refractivity contribution < 1.29 is 25.2 Å². The van der Waals surface area contributed by atoms with E-state index >= 15 is 0 Å². The van der Waals surface area contributed by atoms with Crippen molar-refractivity contribution in [2.75, 3.05) is 6.61 Å². The maximum atomic E-state index is 12.5. The molecule has 0 saturated heterocycles. The Kier molecular flexibility index (Phi) is 36.6. The van der Waals surface area contributed by atoms with Gasteiger partial charge in [0.2, 0.25) is 5.91 Å². The quantitative estimate of drug-likeness (QED) is 0.0329. The molecule has 6 nitrogen and oxygen atoms in total. The zero-order chi connectivity index (χ0) is 35.3. The molecule has 4 atom stereocenters. The van der Waals surface area contributed by atoms with Crippen LogP contribution in [0.1, 0.15) is 219 Å². The van der Waals surface area contributed by atoms with Crippen molar-refractivity contribution in [1.29, 1.82) is 0 Å². The Hall–Kier alpha value is -0.950. The van der Waals surface area contributed by atoms with Crippen molar-refractivity contribution in [3.8, 4) is 0 Å². The maximum absolute atomic E-state index is 12.5. The lowest BCUT2D eigenvalue weighted by atomic mass is 10.0. The molecule has 0 aliphatic carbocycles. The van der Waals surface area contributed by atoms with Crippen LogP contribution in [-0.2, 0) is 4.79 Å². The fourth-order valence-electron chi connectivity index (χ4n) is 6.58. The molecular weight excluding hydrogens is 598 g/mol. The number of hydrogen-bond acceptors (Lipinski definition) is 5. The van der Waals surface area contributed by atoms with Gasteiger partial charge in [0.1, 0.15) is 12.2 Å². The van der Waals surface area contributed by atoms with Crippen LogP contribution in [0.2, 0.25) is 0 Å². The van der Waals surface area contributed by atoms with Crippen LogP contribution in [-0.4, -0.2) is 57.3 Å². The first kappa shape index (κ1) is 47.0. The number of carbonyl (C=O) groups excluding carboxylic acids is 1. The number of aliphatic hydroxyl groups is 4. The summed E-state index contributed by atoms with van der Waals surface area (Å²) in [5.74, 6) is -0.598. The summed E-state index contributed by atoms with van der Waals surface area (Å²) < 4.78 is 0. The predicted molar refractivity (Wildman–Crippen MR) is 205 cm³/mol. The highest BCUT2D eigenvalue weighted by molar-refractivity contribution is 5.80. The van der Waals surface area contributed by atoms with Gasteiger partial charge < -0.3 is 25.7 Å². The summed E-state index contributed by atoms with van der Waals surface area (Å²) in [7, 11) is 0. The van der Waals surface area contributed by atoms with Gasteiger partial charge in [0, 0.05) is 0 Å². The first-order valence-electron chi connectivity index (χ1n) is 21.1. The molecule has 0 aliphatic heterocycles. The van der Waals surface area contributed by atoms with Crippen molar-refractivity contribution in [3.05, 3.63) is 12.2 Å². The zero-order valence-electron chi connectivity index (χ0n) is 32.0. The van der Waals surface area contributed by atoms with Crippen molar-refractivity contribution >= 4 is 5.91 Å². The summed E-state index contributed by atoms with van der Waals surface area (Å²) in [6, 6.07) is -1.01. The molecule has 0 aromatic rings. The number of unbranched alkanes of at least 4 members (excludes halogenated alkanes) is 28. The molecule has 0 heterocycles. The molecule has 0 unspecified atom stereocenters. The Labute approximate surface area is 298 Å². The van der Waals surface area contributed by atoms with Crippen LogP contribution >= 0.6 is 0 Å². The van der Waals surface area contributed by atoms with E-state index in [0.717, 1.165) is 32.1 Å². The Bertz CT molecular complexity index is 687. The van der Waals surface area contributed by atoms with Gasteiger partial charge in [0.15, 0.2) is 0 Å². The smallest absolute Gasteiger partial charge is 0.249 e. The lowest BCUT2D eigenvalue weighted by Gasteiger charge is -2.26. The second kappa shape index (κ2) is 37.3. The second-order valence-corrected chi connectivity index (χ2v) is 14.7. The fourth-order valence-corrected chi connectivity index (χ4v) is 6.58. The molecule has 0 aliphatic rings. The fraction of sp³-hybridized carbons (Fsp3) is 0.929. The Morgan fingerprint density at radius 2 is 0.875 bits per heavy atom. The number of nitrogens with one attached hydrogen (secondary N) is 1. The molecule has 0 aromatic carbocycles. The van der Waals surface area contributed by atoms with Crippen LogP contribution in [0.5, 0.6) is 0 Å². The third-order valence-corrected chi connectivity index (χ3v) is 9.98. The summed E-state index contributed by atoms with van der Waals surface area (Å²) in [4.78, 5) is 12.5. The van der Waals surface area contributed by atoms with E-state index in [4.69, 9.17) is 0 Å². The molecule has 1 amide bonds. The van der Waals surface area contributed by atoms with Gasteiger partial charge in [-0.15, -0.1) is 0 Å². The lowest BCUT2D eigenvalue weighted by molar-refractivity contribution is -0.132. The molecule has 6 heteroatoms. The molecular formula is C42H83NO5. The lowest BCUT2D eigenvalue weighted by Crippen LogP contribution is -2.52. The molecule has 5 N–H and O–H groups in total. The number of hydrogen-bond donors (Lipinski definition) is 5. The van der Waals surface area contributed by atoms with Gasteiger partial charge in [-0.2, -0.15) is 0 Å². The summed E-state index contributed by atoms with van der Waals surface area (Å²) in [5.41, 5.74) is 0. The minimum atomic E-state index is -1.30. The molecule has 0 rings (SSSR count). The Balaban J connectivity index is 3.73. The summed E-state index contributed by atoms with van der Waals surface area (Å²) in [6.45, 7) is 4.02. The number of rotatable bonds is 38. The topological polar surface area (TPSA) is 110 Å². The van der Waals surface area contributed by atoms with E-state index in [9.17, 15) is 25.2 Å². The van der Waals surface area contributed by atoms with E-state index in [0.29, 0.717) is 6.42 Å². The van der Waals surface area contributed by atoms with Gasteiger partial charge in [0.25, 0.3) is 0 Å². The van der Waals surface area contributed by atoms with E-state index in [1.165, 1.54) is 161 Å². The highest BCUT2D eigenvalue weighted by Gasteiger charge is 2.28. The largest absolute Gasteiger partial charge is 0.394 e. The van der Waals surface area contributed by atoms with Gasteiger partial charge >= 0.3 is 0 Å².